The molecule has 1 atom stereocenters. The normalized spacial score (nSPS) is 20.9. The molecular weight excluding hydrogens is 214 g/mol. The molecule has 1 aliphatic heterocycles. The fraction of sp³-hybridized carbons (Fsp3) is 0.600. The quantitative estimate of drug-likeness (QED) is 0.786. The number of anilines is 1. The van der Waals surface area contributed by atoms with Gasteiger partial charge >= 0.3 is 0 Å². The van der Waals surface area contributed by atoms with Crippen molar-refractivity contribution < 1.29 is 4.74 Å². The number of hydrogen-bond acceptors (Lipinski definition) is 4. The summed E-state index contributed by atoms with van der Waals surface area (Å²) in [6, 6.07) is 3.68. The molecule has 1 aliphatic rings. The molecule has 0 spiro atoms. The predicted octanol–water partition coefficient (Wildman–Crippen LogP) is 1.60. The zero-order chi connectivity index (χ0) is 10.7. The van der Waals surface area contributed by atoms with E-state index in [-0.39, 0.29) is 0 Å². The summed E-state index contributed by atoms with van der Waals surface area (Å²) in [5.41, 5.74) is 0. The standard InChI is InChI=1S/C10H14ClN3O/c1-15-7-8-4-5-14(6-8)10-3-2-9(11)12-13-10/h2-3,8H,4-7H2,1H3. The van der Waals surface area contributed by atoms with Crippen LogP contribution < -0.4 is 4.90 Å². The topological polar surface area (TPSA) is 38.2 Å². The van der Waals surface area contributed by atoms with Gasteiger partial charge in [0.25, 0.3) is 0 Å². The molecule has 82 valence electrons. The Bertz CT molecular complexity index is 317. The number of rotatable bonds is 3. The second-order valence-electron chi connectivity index (χ2n) is 3.77. The number of hydrogen-bond donors (Lipinski definition) is 0. The van der Waals surface area contributed by atoms with Gasteiger partial charge in [0.05, 0.1) is 6.61 Å². The summed E-state index contributed by atoms with van der Waals surface area (Å²) in [5.74, 6) is 1.51. The van der Waals surface area contributed by atoms with Crippen molar-refractivity contribution in [2.24, 2.45) is 5.92 Å². The molecule has 0 bridgehead atoms. The Labute approximate surface area is 94.2 Å². The van der Waals surface area contributed by atoms with Crippen LogP contribution in [0.1, 0.15) is 6.42 Å². The Kier molecular flexibility index (Phi) is 3.38. The SMILES string of the molecule is COCC1CCN(c2ccc(Cl)nn2)C1. The Balaban J connectivity index is 1.98. The molecule has 1 saturated heterocycles. The average Bonchev–Trinajstić information content (AvgIpc) is 2.68. The van der Waals surface area contributed by atoms with Crippen molar-refractivity contribution in [3.63, 3.8) is 0 Å². The van der Waals surface area contributed by atoms with Crippen molar-refractivity contribution in [3.8, 4) is 0 Å². The highest BCUT2D eigenvalue weighted by atomic mass is 35.5. The lowest BCUT2D eigenvalue weighted by atomic mass is 10.1. The summed E-state index contributed by atoms with van der Waals surface area (Å²) >= 11 is 5.68. The highest BCUT2D eigenvalue weighted by Gasteiger charge is 2.23. The summed E-state index contributed by atoms with van der Waals surface area (Å²) in [7, 11) is 1.74. The van der Waals surface area contributed by atoms with E-state index in [1.807, 2.05) is 6.07 Å². The lowest BCUT2D eigenvalue weighted by molar-refractivity contribution is 0.161. The fourth-order valence-electron chi connectivity index (χ4n) is 1.89. The number of aromatic nitrogens is 2. The lowest BCUT2D eigenvalue weighted by Crippen LogP contribution is -2.22. The Morgan fingerprint density at radius 3 is 3.07 bits per heavy atom. The van der Waals surface area contributed by atoms with Gasteiger partial charge in [0.1, 0.15) is 0 Å². The molecule has 0 saturated carbocycles. The van der Waals surface area contributed by atoms with E-state index in [9.17, 15) is 0 Å². The van der Waals surface area contributed by atoms with Crippen LogP contribution in [0, 0.1) is 5.92 Å². The van der Waals surface area contributed by atoms with E-state index in [2.05, 4.69) is 15.1 Å². The summed E-state index contributed by atoms with van der Waals surface area (Å²) < 4.78 is 5.15. The molecule has 2 rings (SSSR count). The number of methoxy groups -OCH3 is 1. The van der Waals surface area contributed by atoms with Gasteiger partial charge in [0, 0.05) is 26.1 Å². The molecule has 1 aromatic heterocycles. The molecule has 0 amide bonds. The van der Waals surface area contributed by atoms with E-state index >= 15 is 0 Å². The summed E-state index contributed by atoms with van der Waals surface area (Å²) in [5, 5.41) is 8.33. The van der Waals surface area contributed by atoms with Crippen LogP contribution >= 0.6 is 11.6 Å². The molecule has 1 unspecified atom stereocenters. The van der Waals surface area contributed by atoms with Crippen LogP contribution in [0.15, 0.2) is 12.1 Å². The number of nitrogens with zero attached hydrogens (tertiary/aromatic N) is 3. The van der Waals surface area contributed by atoms with Crippen molar-refractivity contribution in [3.05, 3.63) is 17.3 Å². The lowest BCUT2D eigenvalue weighted by Gasteiger charge is -2.16. The zero-order valence-corrected chi connectivity index (χ0v) is 9.44. The van der Waals surface area contributed by atoms with Gasteiger partial charge in [-0.3, -0.25) is 0 Å². The van der Waals surface area contributed by atoms with E-state index in [4.69, 9.17) is 16.3 Å². The maximum atomic E-state index is 5.68. The maximum Gasteiger partial charge on any atom is 0.151 e. The molecule has 1 fully saturated rings. The second-order valence-corrected chi connectivity index (χ2v) is 4.16. The predicted molar refractivity (Wildman–Crippen MR) is 59.2 cm³/mol. The van der Waals surface area contributed by atoms with Crippen LogP contribution in [0.25, 0.3) is 0 Å². The smallest absolute Gasteiger partial charge is 0.151 e. The first kappa shape index (κ1) is 10.6. The van der Waals surface area contributed by atoms with Crippen LogP contribution in [-0.4, -0.2) is 37.0 Å². The van der Waals surface area contributed by atoms with Crippen molar-refractivity contribution in [1.29, 1.82) is 0 Å². The molecule has 5 heteroatoms. The summed E-state index contributed by atoms with van der Waals surface area (Å²) in [6.45, 7) is 2.83. The van der Waals surface area contributed by atoms with Crippen molar-refractivity contribution in [2.75, 3.05) is 31.7 Å². The third-order valence-electron chi connectivity index (χ3n) is 2.63. The first-order chi connectivity index (χ1) is 7.29. The largest absolute Gasteiger partial charge is 0.384 e. The van der Waals surface area contributed by atoms with Gasteiger partial charge in [-0.1, -0.05) is 11.6 Å². The Morgan fingerprint density at radius 1 is 1.53 bits per heavy atom. The van der Waals surface area contributed by atoms with Crippen LogP contribution in [0.3, 0.4) is 0 Å². The van der Waals surface area contributed by atoms with Gasteiger partial charge in [-0.15, -0.1) is 10.2 Å². The van der Waals surface area contributed by atoms with E-state index in [0.717, 1.165) is 31.9 Å². The first-order valence-electron chi connectivity index (χ1n) is 5.02. The third-order valence-corrected chi connectivity index (χ3v) is 2.83. The molecule has 4 nitrogen and oxygen atoms in total. The fourth-order valence-corrected chi connectivity index (χ4v) is 1.99. The molecular formula is C10H14ClN3O. The molecule has 0 N–H and O–H groups in total. The van der Waals surface area contributed by atoms with Gasteiger partial charge < -0.3 is 9.64 Å². The van der Waals surface area contributed by atoms with E-state index in [1.165, 1.54) is 0 Å². The third kappa shape index (κ3) is 2.58. The number of halogens is 1. The molecule has 0 radical (unpaired) electrons. The molecule has 1 aromatic rings. The van der Waals surface area contributed by atoms with E-state index < -0.39 is 0 Å². The van der Waals surface area contributed by atoms with Gasteiger partial charge in [0.2, 0.25) is 0 Å². The Morgan fingerprint density at radius 2 is 2.40 bits per heavy atom. The second kappa shape index (κ2) is 4.77. The minimum atomic E-state index is 0.436. The van der Waals surface area contributed by atoms with Gasteiger partial charge in [-0.05, 0) is 18.6 Å². The summed E-state index contributed by atoms with van der Waals surface area (Å²) in [4.78, 5) is 2.22. The van der Waals surface area contributed by atoms with E-state index in [1.54, 1.807) is 13.2 Å². The van der Waals surface area contributed by atoms with Crippen LogP contribution in [0.4, 0.5) is 5.82 Å². The molecule has 0 aliphatic carbocycles. The minimum absolute atomic E-state index is 0.436. The average molecular weight is 228 g/mol. The number of ether oxygens (including phenoxy) is 1. The van der Waals surface area contributed by atoms with Gasteiger partial charge in [-0.25, -0.2) is 0 Å². The molecule has 15 heavy (non-hydrogen) atoms. The van der Waals surface area contributed by atoms with Gasteiger partial charge in [-0.2, -0.15) is 0 Å². The van der Waals surface area contributed by atoms with Crippen molar-refractivity contribution in [2.45, 2.75) is 6.42 Å². The highest BCUT2D eigenvalue weighted by Crippen LogP contribution is 2.22. The first-order valence-corrected chi connectivity index (χ1v) is 5.40. The van der Waals surface area contributed by atoms with Crippen molar-refractivity contribution >= 4 is 17.4 Å². The summed E-state index contributed by atoms with van der Waals surface area (Å²) in [6.07, 6.45) is 1.15. The van der Waals surface area contributed by atoms with Crippen LogP contribution in [0.2, 0.25) is 5.15 Å². The van der Waals surface area contributed by atoms with Crippen molar-refractivity contribution in [1.82, 2.24) is 10.2 Å². The monoisotopic (exact) mass is 227 g/mol. The maximum absolute atomic E-state index is 5.68. The zero-order valence-electron chi connectivity index (χ0n) is 8.69. The minimum Gasteiger partial charge on any atom is -0.384 e. The van der Waals surface area contributed by atoms with E-state index in [0.29, 0.717) is 11.1 Å². The Hall–Kier alpha value is -0.870. The highest BCUT2D eigenvalue weighted by molar-refractivity contribution is 6.29. The van der Waals surface area contributed by atoms with Crippen LogP contribution in [0.5, 0.6) is 0 Å². The van der Waals surface area contributed by atoms with Gasteiger partial charge in [0.15, 0.2) is 11.0 Å². The van der Waals surface area contributed by atoms with Crippen LogP contribution in [-0.2, 0) is 4.74 Å². The molecule has 0 aromatic carbocycles. The molecule has 2 heterocycles.